The first-order valence-corrected chi connectivity index (χ1v) is 17.8. The second kappa shape index (κ2) is 12.2. The molecule has 3 saturated carbocycles. The maximum atomic E-state index is 2.68. The summed E-state index contributed by atoms with van der Waals surface area (Å²) in [7, 11) is -0.178. The highest BCUT2D eigenvalue weighted by Crippen LogP contribution is 2.65. The molecule has 0 nitrogen and oxygen atoms in total. The number of hydrogen-bond donors (Lipinski definition) is 0. The van der Waals surface area contributed by atoms with Gasteiger partial charge in [0.15, 0.2) is 0 Å². The van der Waals surface area contributed by atoms with E-state index in [0.717, 1.165) is 28.6 Å². The van der Waals surface area contributed by atoms with Gasteiger partial charge in [-0.15, -0.1) is 0 Å². The van der Waals surface area contributed by atoms with Crippen LogP contribution in [0.4, 0.5) is 0 Å². The normalized spacial score (nSPS) is 25.4. The molecule has 5 rings (SSSR count). The van der Waals surface area contributed by atoms with Gasteiger partial charge >= 0.3 is 0 Å². The molecular weight excluding hydrogens is 458 g/mol. The fourth-order valence-electron chi connectivity index (χ4n) is 7.93. The highest BCUT2D eigenvalue weighted by atomic mass is 31.1. The zero-order valence-electron chi connectivity index (χ0n) is 22.6. The molecule has 0 bridgehead atoms. The second-order valence-electron chi connectivity index (χ2n) is 11.9. The Kier molecular flexibility index (Phi) is 9.06. The third-order valence-electron chi connectivity index (χ3n) is 9.68. The maximum Gasteiger partial charge on any atom is -0.0123 e. The highest BCUT2D eigenvalue weighted by molar-refractivity contribution is 7.73. The van der Waals surface area contributed by atoms with E-state index >= 15 is 0 Å². The van der Waals surface area contributed by atoms with E-state index in [1.165, 1.54) is 62.5 Å². The van der Waals surface area contributed by atoms with Crippen LogP contribution < -0.4 is 10.6 Å². The minimum absolute atomic E-state index is 0.163. The molecule has 190 valence electrons. The summed E-state index contributed by atoms with van der Waals surface area (Å²) in [4.78, 5) is 0. The quantitative estimate of drug-likeness (QED) is 0.328. The first-order chi connectivity index (χ1) is 17.1. The monoisotopic (exact) mass is 506 g/mol. The van der Waals surface area contributed by atoms with Crippen LogP contribution in [0, 0.1) is 19.8 Å². The molecule has 0 N–H and O–H groups in total. The predicted octanol–water partition coefficient (Wildman–Crippen LogP) is 9.44. The smallest absolute Gasteiger partial charge is 0.0123 e. The van der Waals surface area contributed by atoms with Gasteiger partial charge in [-0.1, -0.05) is 108 Å². The van der Waals surface area contributed by atoms with Gasteiger partial charge in [0.2, 0.25) is 0 Å². The summed E-state index contributed by atoms with van der Waals surface area (Å²) in [5.74, 6) is 0.926. The zero-order chi connectivity index (χ0) is 24.2. The van der Waals surface area contributed by atoms with Gasteiger partial charge in [0.1, 0.15) is 0 Å². The summed E-state index contributed by atoms with van der Waals surface area (Å²) in [5.41, 5.74) is 6.99. The topological polar surface area (TPSA) is 0 Å². The van der Waals surface area contributed by atoms with E-state index in [1.54, 1.807) is 42.7 Å². The molecule has 0 saturated heterocycles. The van der Waals surface area contributed by atoms with E-state index < -0.39 is 0 Å². The van der Waals surface area contributed by atoms with E-state index in [1.807, 2.05) is 0 Å². The molecule has 0 aromatic heterocycles. The third kappa shape index (κ3) is 5.75. The number of benzene rings is 2. The van der Waals surface area contributed by atoms with Crippen LogP contribution in [0.3, 0.4) is 0 Å². The molecule has 35 heavy (non-hydrogen) atoms. The van der Waals surface area contributed by atoms with Crippen LogP contribution in [0.25, 0.3) is 0 Å². The van der Waals surface area contributed by atoms with Gasteiger partial charge < -0.3 is 0 Å². The van der Waals surface area contributed by atoms with Gasteiger partial charge in [-0.05, 0) is 111 Å². The summed E-state index contributed by atoms with van der Waals surface area (Å²) >= 11 is 0. The van der Waals surface area contributed by atoms with Crippen molar-refractivity contribution in [3.05, 3.63) is 59.7 Å². The van der Waals surface area contributed by atoms with Crippen molar-refractivity contribution in [3.63, 3.8) is 0 Å². The molecule has 0 radical (unpaired) electrons. The Balaban J connectivity index is 1.50. The van der Waals surface area contributed by atoms with Crippen molar-refractivity contribution in [2.75, 3.05) is 0 Å². The molecular formula is C33H48P2. The van der Waals surface area contributed by atoms with Crippen molar-refractivity contribution in [1.82, 2.24) is 0 Å². The van der Waals surface area contributed by atoms with E-state index in [-0.39, 0.29) is 15.8 Å². The van der Waals surface area contributed by atoms with Crippen LogP contribution in [-0.2, 0) is 0 Å². The molecule has 0 amide bonds. The Bertz CT molecular complexity index is 876. The van der Waals surface area contributed by atoms with Crippen LogP contribution in [0.5, 0.6) is 0 Å². The molecule has 2 aromatic carbocycles. The summed E-state index contributed by atoms with van der Waals surface area (Å²) in [6.07, 6.45) is 19.8. The number of aryl methyl sites for hydroxylation is 2. The molecule has 1 unspecified atom stereocenters. The van der Waals surface area contributed by atoms with Crippen molar-refractivity contribution >= 4 is 26.5 Å². The Morgan fingerprint density at radius 3 is 1.57 bits per heavy atom. The van der Waals surface area contributed by atoms with Crippen LogP contribution >= 0.6 is 15.8 Å². The fraction of sp³-hybridized carbons (Fsp3) is 0.636. The van der Waals surface area contributed by atoms with Gasteiger partial charge in [-0.3, -0.25) is 0 Å². The van der Waals surface area contributed by atoms with Gasteiger partial charge in [0.25, 0.3) is 0 Å². The van der Waals surface area contributed by atoms with E-state index in [9.17, 15) is 0 Å². The average Bonchev–Trinajstić information content (AvgIpc) is 3.37. The predicted molar refractivity (Wildman–Crippen MR) is 160 cm³/mol. The van der Waals surface area contributed by atoms with Crippen molar-refractivity contribution < 1.29 is 0 Å². The average molecular weight is 507 g/mol. The first-order valence-electron chi connectivity index (χ1n) is 14.8. The molecule has 3 fully saturated rings. The van der Waals surface area contributed by atoms with Crippen molar-refractivity contribution in [2.24, 2.45) is 5.92 Å². The third-order valence-corrected chi connectivity index (χ3v) is 17.0. The van der Waals surface area contributed by atoms with Crippen LogP contribution in [-0.4, -0.2) is 22.6 Å². The van der Waals surface area contributed by atoms with E-state index in [2.05, 4.69) is 69.3 Å². The Hall–Kier alpha value is -0.700. The van der Waals surface area contributed by atoms with Gasteiger partial charge in [0, 0.05) is 0 Å². The fourth-order valence-corrected chi connectivity index (χ4v) is 16.3. The van der Waals surface area contributed by atoms with Gasteiger partial charge in [-0.25, -0.2) is 0 Å². The SMILES string of the molecule is Cc1ccccc1P(c1ccccc1C)C(C)[C@@H]1CCC[C@@H]1P(C1CCCCC1)C1CCCCC1. The summed E-state index contributed by atoms with van der Waals surface area (Å²) in [6, 6.07) is 18.7. The standard InChI is InChI=1S/C33H48P2/c1-25-15-10-12-22-31(25)34(32-23-13-11-16-26(32)2)27(3)30-21-14-24-33(30)35(28-17-6-4-7-18-28)29-19-8-5-9-20-29/h10-13,15-16,22-23,27-30,33H,4-9,14,17-21,24H2,1-3H3/t27?,30-,33-/m0/s1. The lowest BCUT2D eigenvalue weighted by atomic mass is 9.99. The van der Waals surface area contributed by atoms with Crippen molar-refractivity contribution in [1.29, 1.82) is 0 Å². The highest BCUT2D eigenvalue weighted by Gasteiger charge is 2.45. The van der Waals surface area contributed by atoms with Crippen molar-refractivity contribution in [3.8, 4) is 0 Å². The first kappa shape index (κ1) is 25.9. The molecule has 3 aliphatic rings. The lowest BCUT2D eigenvalue weighted by Crippen LogP contribution is -2.35. The molecule has 0 aliphatic heterocycles. The van der Waals surface area contributed by atoms with Crippen LogP contribution in [0.1, 0.15) is 102 Å². The number of hydrogen-bond acceptors (Lipinski definition) is 0. The molecule has 2 aromatic rings. The van der Waals surface area contributed by atoms with Gasteiger partial charge in [0.05, 0.1) is 0 Å². The number of rotatable bonds is 7. The second-order valence-corrected chi connectivity index (χ2v) is 17.4. The lowest BCUT2D eigenvalue weighted by molar-refractivity contribution is 0.469. The molecule has 3 aliphatic carbocycles. The van der Waals surface area contributed by atoms with E-state index in [4.69, 9.17) is 0 Å². The Labute approximate surface area is 218 Å². The molecule has 3 atom stereocenters. The summed E-state index contributed by atoms with van der Waals surface area (Å²) in [5, 5.41) is 3.30. The van der Waals surface area contributed by atoms with Gasteiger partial charge in [-0.2, -0.15) is 0 Å². The molecule has 0 heterocycles. The minimum Gasteiger partial charge on any atom is -0.0968 e. The lowest BCUT2D eigenvalue weighted by Gasteiger charge is -2.46. The van der Waals surface area contributed by atoms with Crippen molar-refractivity contribution in [2.45, 2.75) is 127 Å². The van der Waals surface area contributed by atoms with Crippen LogP contribution in [0.15, 0.2) is 48.5 Å². The molecule has 0 spiro atoms. The Morgan fingerprint density at radius 1 is 0.600 bits per heavy atom. The molecule has 2 heteroatoms. The largest absolute Gasteiger partial charge is 0.0968 e. The summed E-state index contributed by atoms with van der Waals surface area (Å²) < 4.78 is 0. The Morgan fingerprint density at radius 2 is 1.09 bits per heavy atom. The zero-order valence-corrected chi connectivity index (χ0v) is 24.4. The summed E-state index contributed by atoms with van der Waals surface area (Å²) in [6.45, 7) is 7.40. The maximum absolute atomic E-state index is 2.68. The van der Waals surface area contributed by atoms with E-state index in [0.29, 0.717) is 0 Å². The minimum atomic E-state index is -0.341. The van der Waals surface area contributed by atoms with Crippen LogP contribution in [0.2, 0.25) is 0 Å².